The molecular formula is C22H24N4O3S. The number of rotatable bonds is 5. The summed E-state index contributed by atoms with van der Waals surface area (Å²) in [6.45, 7) is 3.76. The summed E-state index contributed by atoms with van der Waals surface area (Å²) < 4.78 is 8.10. The van der Waals surface area contributed by atoms with E-state index in [-0.39, 0.29) is 12.0 Å². The van der Waals surface area contributed by atoms with Crippen molar-refractivity contribution in [2.75, 3.05) is 20.2 Å². The van der Waals surface area contributed by atoms with Gasteiger partial charge in [-0.25, -0.2) is 4.68 Å². The summed E-state index contributed by atoms with van der Waals surface area (Å²) in [5.41, 5.74) is -0.102. The van der Waals surface area contributed by atoms with Crippen LogP contribution in [0.25, 0.3) is 0 Å². The van der Waals surface area contributed by atoms with Crippen molar-refractivity contribution in [1.29, 1.82) is 0 Å². The molecule has 0 aliphatic carbocycles. The van der Waals surface area contributed by atoms with Crippen LogP contribution in [-0.4, -0.2) is 39.4 Å². The molecule has 2 aromatic heterocycles. The molecular weight excluding hydrogens is 400 g/mol. The molecule has 2 aliphatic heterocycles. The molecule has 0 radical (unpaired) electrons. The summed E-state index contributed by atoms with van der Waals surface area (Å²) >= 11 is 1.78. The fraction of sp³-hybridized carbons (Fsp3) is 0.409. The van der Waals surface area contributed by atoms with Gasteiger partial charge in [0.2, 0.25) is 0 Å². The third-order valence-electron chi connectivity index (χ3n) is 6.21. The molecule has 8 heteroatoms. The van der Waals surface area contributed by atoms with E-state index >= 15 is 0 Å². The number of hydrogen-bond acceptors (Lipinski definition) is 6. The molecule has 0 N–H and O–H groups in total. The van der Waals surface area contributed by atoms with Crippen molar-refractivity contribution in [1.82, 2.24) is 19.2 Å². The minimum Gasteiger partial charge on any atom is -0.497 e. The van der Waals surface area contributed by atoms with E-state index in [1.807, 2.05) is 24.3 Å². The summed E-state index contributed by atoms with van der Waals surface area (Å²) in [4.78, 5) is 29.3. The van der Waals surface area contributed by atoms with Gasteiger partial charge < -0.3 is 4.74 Å². The molecule has 5 rings (SSSR count). The van der Waals surface area contributed by atoms with Crippen LogP contribution in [0.1, 0.15) is 22.7 Å². The van der Waals surface area contributed by atoms with E-state index in [2.05, 4.69) is 27.5 Å². The minimum atomic E-state index is -0.556. The SMILES string of the molecule is COc1ccc(Cn2nc3n(c(=O)c2=O)C[C@]2(CCN(Cc4cccs4)C2)C3)cc1. The predicted octanol–water partition coefficient (Wildman–Crippen LogP) is 1.97. The molecule has 1 saturated heterocycles. The van der Waals surface area contributed by atoms with Crippen molar-refractivity contribution in [2.24, 2.45) is 5.41 Å². The van der Waals surface area contributed by atoms with Crippen molar-refractivity contribution in [2.45, 2.75) is 32.5 Å². The van der Waals surface area contributed by atoms with Gasteiger partial charge in [0, 0.05) is 36.3 Å². The lowest BCUT2D eigenvalue weighted by molar-refractivity contribution is 0.247. The van der Waals surface area contributed by atoms with Crippen LogP contribution >= 0.6 is 11.3 Å². The Labute approximate surface area is 178 Å². The summed E-state index contributed by atoms with van der Waals surface area (Å²) in [5.74, 6) is 1.48. The topological polar surface area (TPSA) is 69.4 Å². The maximum absolute atomic E-state index is 12.8. The third kappa shape index (κ3) is 3.50. The minimum absolute atomic E-state index is 0.00214. The van der Waals surface area contributed by atoms with E-state index in [0.29, 0.717) is 6.54 Å². The van der Waals surface area contributed by atoms with Crippen molar-refractivity contribution in [3.05, 3.63) is 78.8 Å². The number of nitrogens with zero attached hydrogens (tertiary/aromatic N) is 4. The lowest BCUT2D eigenvalue weighted by Gasteiger charge is -2.22. The molecule has 1 spiro atoms. The highest BCUT2D eigenvalue weighted by molar-refractivity contribution is 7.09. The molecule has 3 aromatic rings. The van der Waals surface area contributed by atoms with Crippen LogP contribution in [-0.2, 0) is 26.1 Å². The van der Waals surface area contributed by atoms with Crippen LogP contribution in [0.3, 0.4) is 0 Å². The number of likely N-dealkylation sites (tertiary alicyclic amines) is 1. The second-order valence-corrected chi connectivity index (χ2v) is 9.37. The first-order valence-electron chi connectivity index (χ1n) is 10.1. The van der Waals surface area contributed by atoms with Crippen LogP contribution in [0.15, 0.2) is 51.4 Å². The van der Waals surface area contributed by atoms with Gasteiger partial charge in [-0.05, 0) is 42.1 Å². The summed E-state index contributed by atoms with van der Waals surface area (Å²) in [6.07, 6.45) is 1.76. The number of ether oxygens (including phenoxy) is 1. The predicted molar refractivity (Wildman–Crippen MR) is 115 cm³/mol. The number of fused-ring (bicyclic) bond motifs is 1. The van der Waals surface area contributed by atoms with E-state index in [1.54, 1.807) is 23.0 Å². The van der Waals surface area contributed by atoms with Gasteiger partial charge in [0.1, 0.15) is 11.6 Å². The normalized spacial score (nSPS) is 20.7. The van der Waals surface area contributed by atoms with Crippen molar-refractivity contribution >= 4 is 11.3 Å². The van der Waals surface area contributed by atoms with Crippen LogP contribution < -0.4 is 15.9 Å². The molecule has 156 valence electrons. The highest BCUT2D eigenvalue weighted by atomic mass is 32.1. The first-order valence-corrected chi connectivity index (χ1v) is 11.0. The van der Waals surface area contributed by atoms with Gasteiger partial charge in [0.15, 0.2) is 0 Å². The first kappa shape index (κ1) is 19.3. The van der Waals surface area contributed by atoms with E-state index in [0.717, 1.165) is 49.6 Å². The molecule has 1 atom stereocenters. The molecule has 7 nitrogen and oxygen atoms in total. The molecule has 0 amide bonds. The standard InChI is InChI=1S/C22H24N4O3S/c1-29-17-6-4-16(5-7-17)12-26-21(28)20(27)25-15-22(11-19(25)23-26)8-9-24(14-22)13-18-3-2-10-30-18/h2-7,10H,8-9,11-15H2,1H3/t22-/m1/s1. The second kappa shape index (κ2) is 7.52. The summed E-state index contributed by atoms with van der Waals surface area (Å²) in [5, 5.41) is 6.70. The van der Waals surface area contributed by atoms with Crippen molar-refractivity contribution < 1.29 is 4.74 Å². The fourth-order valence-electron chi connectivity index (χ4n) is 4.67. The average molecular weight is 425 g/mol. The Hall–Kier alpha value is -2.71. The van der Waals surface area contributed by atoms with E-state index in [9.17, 15) is 9.59 Å². The second-order valence-electron chi connectivity index (χ2n) is 8.34. The molecule has 0 saturated carbocycles. The first-order chi connectivity index (χ1) is 14.5. The fourth-order valence-corrected chi connectivity index (χ4v) is 5.42. The Bertz CT molecular complexity index is 1170. The van der Waals surface area contributed by atoms with E-state index in [1.165, 1.54) is 9.56 Å². The van der Waals surface area contributed by atoms with Crippen molar-refractivity contribution in [3.8, 4) is 5.75 Å². The van der Waals surface area contributed by atoms with Gasteiger partial charge in [0.05, 0.1) is 13.7 Å². The van der Waals surface area contributed by atoms with Crippen LogP contribution in [0.2, 0.25) is 0 Å². The van der Waals surface area contributed by atoms with E-state index < -0.39 is 11.1 Å². The average Bonchev–Trinajstić information content (AvgIpc) is 3.48. The van der Waals surface area contributed by atoms with Gasteiger partial charge in [-0.2, -0.15) is 5.10 Å². The lowest BCUT2D eigenvalue weighted by Crippen LogP contribution is -2.43. The molecule has 1 aromatic carbocycles. The summed E-state index contributed by atoms with van der Waals surface area (Å²) in [7, 11) is 1.61. The molecule has 0 bridgehead atoms. The zero-order valence-corrected chi connectivity index (χ0v) is 17.7. The highest BCUT2D eigenvalue weighted by Crippen LogP contribution is 2.39. The van der Waals surface area contributed by atoms with Crippen LogP contribution in [0.4, 0.5) is 0 Å². The van der Waals surface area contributed by atoms with Crippen LogP contribution in [0, 0.1) is 5.41 Å². The zero-order valence-electron chi connectivity index (χ0n) is 16.9. The van der Waals surface area contributed by atoms with Gasteiger partial charge >= 0.3 is 11.1 Å². The van der Waals surface area contributed by atoms with Gasteiger partial charge in [-0.15, -0.1) is 11.3 Å². The molecule has 1 fully saturated rings. The van der Waals surface area contributed by atoms with Gasteiger partial charge in [-0.3, -0.25) is 19.1 Å². The largest absolute Gasteiger partial charge is 0.497 e. The Morgan fingerprint density at radius 3 is 2.67 bits per heavy atom. The Kier molecular flexibility index (Phi) is 4.83. The quantitative estimate of drug-likeness (QED) is 0.586. The zero-order chi connectivity index (χ0) is 20.7. The lowest BCUT2D eigenvalue weighted by atomic mass is 9.86. The number of methoxy groups -OCH3 is 1. The summed E-state index contributed by atoms with van der Waals surface area (Å²) in [6, 6.07) is 11.7. The Balaban J connectivity index is 1.36. The molecule has 2 aliphatic rings. The number of benzene rings is 1. The Morgan fingerprint density at radius 1 is 1.10 bits per heavy atom. The van der Waals surface area contributed by atoms with Gasteiger partial charge in [0.25, 0.3) is 0 Å². The maximum atomic E-state index is 12.8. The maximum Gasteiger partial charge on any atom is 0.332 e. The monoisotopic (exact) mass is 424 g/mol. The molecule has 4 heterocycles. The van der Waals surface area contributed by atoms with Crippen molar-refractivity contribution in [3.63, 3.8) is 0 Å². The third-order valence-corrected chi connectivity index (χ3v) is 7.07. The van der Waals surface area contributed by atoms with Gasteiger partial charge in [-0.1, -0.05) is 18.2 Å². The smallest absolute Gasteiger partial charge is 0.332 e. The number of thiophene rings is 1. The number of hydrogen-bond donors (Lipinski definition) is 0. The molecule has 0 unspecified atom stereocenters. The molecule has 30 heavy (non-hydrogen) atoms. The van der Waals surface area contributed by atoms with Crippen LogP contribution in [0.5, 0.6) is 5.75 Å². The highest BCUT2D eigenvalue weighted by Gasteiger charge is 2.44. The Morgan fingerprint density at radius 2 is 1.93 bits per heavy atom. The van der Waals surface area contributed by atoms with E-state index in [4.69, 9.17) is 4.74 Å². The number of aromatic nitrogens is 3.